The highest BCUT2D eigenvalue weighted by atomic mass is 127. The first-order chi connectivity index (χ1) is 11.8. The highest BCUT2D eigenvalue weighted by molar-refractivity contribution is 14.0. The second kappa shape index (κ2) is 10.9. The molecule has 1 saturated heterocycles. The lowest BCUT2D eigenvalue weighted by molar-refractivity contribution is 0.123. The van der Waals surface area contributed by atoms with Crippen molar-refractivity contribution in [2.75, 3.05) is 44.8 Å². The summed E-state index contributed by atoms with van der Waals surface area (Å²) in [6.45, 7) is 4.80. The average molecular weight is 458 g/mol. The molecule has 0 spiro atoms. The summed E-state index contributed by atoms with van der Waals surface area (Å²) in [5.74, 6) is 1.75. The third-order valence-corrected chi connectivity index (χ3v) is 4.68. The maximum absolute atomic E-state index is 5.66. The summed E-state index contributed by atoms with van der Waals surface area (Å²) in [5, 5.41) is 6.94. The molecule has 140 valence electrons. The normalized spacial score (nSPS) is 20.3. The Kier molecular flexibility index (Phi) is 8.81. The molecule has 1 aliphatic heterocycles. The molecule has 0 amide bonds. The Hall–Kier alpha value is -1.02. The van der Waals surface area contributed by atoms with Crippen LogP contribution in [0.1, 0.15) is 25.7 Å². The van der Waals surface area contributed by atoms with E-state index in [4.69, 9.17) is 4.74 Å². The first kappa shape index (κ1) is 20.3. The number of halogens is 1. The summed E-state index contributed by atoms with van der Waals surface area (Å²) in [6.07, 6.45) is 4.88. The minimum atomic E-state index is 0. The van der Waals surface area contributed by atoms with Crippen LogP contribution in [0.25, 0.3) is 0 Å². The van der Waals surface area contributed by atoms with Crippen LogP contribution in [0.2, 0.25) is 0 Å². The van der Waals surface area contributed by atoms with Crippen molar-refractivity contribution in [3.05, 3.63) is 30.3 Å². The van der Waals surface area contributed by atoms with Crippen LogP contribution in [0.3, 0.4) is 0 Å². The fraction of sp³-hybridized carbons (Fsp3) is 0.632. The molecule has 0 radical (unpaired) electrons. The molecule has 1 aromatic rings. The number of ether oxygens (including phenoxy) is 1. The lowest BCUT2D eigenvalue weighted by Gasteiger charge is -2.20. The Bertz CT molecular complexity index is 521. The van der Waals surface area contributed by atoms with Crippen LogP contribution in [0.4, 0.5) is 5.69 Å². The zero-order chi connectivity index (χ0) is 16.6. The number of guanidine groups is 1. The number of benzene rings is 1. The molecule has 1 saturated carbocycles. The van der Waals surface area contributed by atoms with Gasteiger partial charge in [-0.1, -0.05) is 18.2 Å². The number of hydrogen-bond acceptors (Lipinski definition) is 3. The number of nitrogens with zero attached hydrogens (tertiary/aromatic N) is 2. The number of para-hydroxylation sites is 1. The molecule has 1 atom stereocenters. The summed E-state index contributed by atoms with van der Waals surface area (Å²) in [5.41, 5.74) is 1.30. The van der Waals surface area contributed by atoms with Gasteiger partial charge in [0.2, 0.25) is 0 Å². The first-order valence-corrected chi connectivity index (χ1v) is 9.20. The Morgan fingerprint density at radius 2 is 2.04 bits per heavy atom. The molecular formula is C19H31IN4O. The van der Waals surface area contributed by atoms with Gasteiger partial charge in [-0.05, 0) is 43.7 Å². The van der Waals surface area contributed by atoms with Gasteiger partial charge in [0.1, 0.15) is 0 Å². The van der Waals surface area contributed by atoms with Crippen molar-refractivity contribution in [1.82, 2.24) is 10.6 Å². The van der Waals surface area contributed by atoms with Crippen molar-refractivity contribution in [3.8, 4) is 0 Å². The summed E-state index contributed by atoms with van der Waals surface area (Å²) >= 11 is 0. The largest absolute Gasteiger partial charge is 0.381 e. The molecular weight excluding hydrogens is 427 g/mol. The van der Waals surface area contributed by atoms with Crippen molar-refractivity contribution in [2.45, 2.75) is 31.7 Å². The van der Waals surface area contributed by atoms with Crippen LogP contribution in [0, 0.1) is 5.92 Å². The summed E-state index contributed by atoms with van der Waals surface area (Å²) < 4.78 is 5.66. The zero-order valence-electron chi connectivity index (χ0n) is 15.1. The SMILES string of the molecule is CN=C(NCCCOCC1CC1)NC1CCN(c2ccccc2)C1.I. The Morgan fingerprint density at radius 3 is 2.76 bits per heavy atom. The van der Waals surface area contributed by atoms with E-state index in [0.29, 0.717) is 6.04 Å². The van der Waals surface area contributed by atoms with E-state index in [1.165, 1.54) is 18.5 Å². The van der Waals surface area contributed by atoms with Crippen LogP contribution >= 0.6 is 24.0 Å². The lowest BCUT2D eigenvalue weighted by Crippen LogP contribution is -2.45. The van der Waals surface area contributed by atoms with Crippen LogP contribution in [0.5, 0.6) is 0 Å². The quantitative estimate of drug-likeness (QED) is 0.272. The second-order valence-electron chi connectivity index (χ2n) is 6.78. The van der Waals surface area contributed by atoms with Gasteiger partial charge in [-0.25, -0.2) is 0 Å². The third-order valence-electron chi connectivity index (χ3n) is 4.68. The van der Waals surface area contributed by atoms with Gasteiger partial charge in [0.25, 0.3) is 0 Å². The van der Waals surface area contributed by atoms with E-state index >= 15 is 0 Å². The number of aliphatic imine (C=N–C) groups is 1. The molecule has 2 aliphatic rings. The Morgan fingerprint density at radius 1 is 1.24 bits per heavy atom. The molecule has 2 fully saturated rings. The molecule has 1 heterocycles. The van der Waals surface area contributed by atoms with Crippen molar-refractivity contribution in [2.24, 2.45) is 10.9 Å². The zero-order valence-corrected chi connectivity index (χ0v) is 17.4. The molecule has 1 unspecified atom stereocenters. The van der Waals surface area contributed by atoms with Crippen LogP contribution < -0.4 is 15.5 Å². The van der Waals surface area contributed by atoms with Crippen LogP contribution in [0.15, 0.2) is 35.3 Å². The van der Waals surface area contributed by atoms with E-state index in [1.807, 2.05) is 7.05 Å². The standard InChI is InChI=1S/C19H30N4O.HI/c1-20-19(21-11-5-13-24-15-16-8-9-16)22-17-10-12-23(14-17)18-6-3-2-4-7-18;/h2-4,6-7,16-17H,5,8-15H2,1H3,(H2,20,21,22);1H. The fourth-order valence-corrected chi connectivity index (χ4v) is 3.05. The van der Waals surface area contributed by atoms with E-state index in [-0.39, 0.29) is 24.0 Å². The van der Waals surface area contributed by atoms with Crippen molar-refractivity contribution in [1.29, 1.82) is 0 Å². The highest BCUT2D eigenvalue weighted by Crippen LogP contribution is 2.28. The Balaban J connectivity index is 0.00000225. The van der Waals surface area contributed by atoms with Crippen LogP contribution in [-0.4, -0.2) is 51.9 Å². The first-order valence-electron chi connectivity index (χ1n) is 9.20. The van der Waals surface area contributed by atoms with Crippen molar-refractivity contribution < 1.29 is 4.74 Å². The predicted molar refractivity (Wildman–Crippen MR) is 115 cm³/mol. The van der Waals surface area contributed by atoms with E-state index in [9.17, 15) is 0 Å². The molecule has 3 rings (SSSR count). The fourth-order valence-electron chi connectivity index (χ4n) is 3.05. The number of hydrogen-bond donors (Lipinski definition) is 2. The maximum Gasteiger partial charge on any atom is 0.191 e. The monoisotopic (exact) mass is 458 g/mol. The molecule has 5 nitrogen and oxygen atoms in total. The van der Waals surface area contributed by atoms with Gasteiger partial charge < -0.3 is 20.3 Å². The van der Waals surface area contributed by atoms with Crippen molar-refractivity contribution >= 4 is 35.6 Å². The smallest absolute Gasteiger partial charge is 0.191 e. The van der Waals surface area contributed by atoms with E-state index < -0.39 is 0 Å². The second-order valence-corrected chi connectivity index (χ2v) is 6.78. The van der Waals surface area contributed by atoms with E-state index in [1.54, 1.807) is 0 Å². The van der Waals surface area contributed by atoms with Crippen LogP contribution in [-0.2, 0) is 4.74 Å². The average Bonchev–Trinajstić information content (AvgIpc) is 3.33. The van der Waals surface area contributed by atoms with E-state index in [0.717, 1.165) is 57.6 Å². The maximum atomic E-state index is 5.66. The van der Waals surface area contributed by atoms with Gasteiger partial charge in [-0.3, -0.25) is 4.99 Å². The summed E-state index contributed by atoms with van der Waals surface area (Å²) in [6, 6.07) is 11.1. The summed E-state index contributed by atoms with van der Waals surface area (Å²) in [4.78, 5) is 6.77. The number of anilines is 1. The predicted octanol–water partition coefficient (Wildman–Crippen LogP) is 2.87. The summed E-state index contributed by atoms with van der Waals surface area (Å²) in [7, 11) is 1.84. The van der Waals surface area contributed by atoms with E-state index in [2.05, 4.69) is 50.9 Å². The lowest BCUT2D eigenvalue weighted by atomic mass is 10.3. The molecule has 1 aromatic carbocycles. The topological polar surface area (TPSA) is 48.9 Å². The van der Waals surface area contributed by atoms with Gasteiger partial charge in [0.05, 0.1) is 0 Å². The third kappa shape index (κ3) is 7.01. The molecule has 6 heteroatoms. The molecule has 0 bridgehead atoms. The van der Waals surface area contributed by atoms with Crippen molar-refractivity contribution in [3.63, 3.8) is 0 Å². The minimum Gasteiger partial charge on any atom is -0.381 e. The molecule has 0 aromatic heterocycles. The minimum absolute atomic E-state index is 0. The number of nitrogens with one attached hydrogen (secondary N) is 2. The Labute approximate surface area is 168 Å². The van der Waals surface area contributed by atoms with Gasteiger partial charge in [0.15, 0.2) is 5.96 Å². The van der Waals surface area contributed by atoms with Gasteiger partial charge in [-0.15, -0.1) is 24.0 Å². The molecule has 2 N–H and O–H groups in total. The van der Waals surface area contributed by atoms with Gasteiger partial charge in [-0.2, -0.15) is 0 Å². The van der Waals surface area contributed by atoms with Gasteiger partial charge >= 0.3 is 0 Å². The van der Waals surface area contributed by atoms with Gasteiger partial charge in [0, 0.05) is 51.6 Å². The number of rotatable bonds is 8. The molecule has 1 aliphatic carbocycles. The molecule has 25 heavy (non-hydrogen) atoms. The highest BCUT2D eigenvalue weighted by Gasteiger charge is 2.23.